The summed E-state index contributed by atoms with van der Waals surface area (Å²) < 4.78 is 2.38. The average Bonchev–Trinajstić information content (AvgIpc) is 3.90. The largest absolute Gasteiger partial charge is 0.545 e. The summed E-state index contributed by atoms with van der Waals surface area (Å²) in [6, 6.07) is 52.9. The van der Waals surface area contributed by atoms with Gasteiger partial charge in [0.1, 0.15) is 0 Å². The highest BCUT2D eigenvalue weighted by atomic mass is 16.4. The lowest BCUT2D eigenvalue weighted by Crippen LogP contribution is -2.28. The summed E-state index contributed by atoms with van der Waals surface area (Å²) in [5.41, 5.74) is 13.8. The summed E-state index contributed by atoms with van der Waals surface area (Å²) in [5.74, 6) is -2.11. The molecule has 0 saturated carbocycles. The Hall–Kier alpha value is -7.51. The van der Waals surface area contributed by atoms with Gasteiger partial charge in [-0.25, -0.2) is 4.79 Å². The normalized spacial score (nSPS) is 17.2. The fourth-order valence-electron chi connectivity index (χ4n) is 10.1. The van der Waals surface area contributed by atoms with Crippen LogP contribution in [-0.2, 0) is 23.7 Å². The van der Waals surface area contributed by atoms with Crippen molar-refractivity contribution in [3.05, 3.63) is 238 Å². The van der Waals surface area contributed by atoms with Crippen molar-refractivity contribution in [2.75, 3.05) is 22.9 Å². The molecule has 2 heterocycles. The molecule has 0 fully saturated rings. The van der Waals surface area contributed by atoms with Crippen molar-refractivity contribution in [2.24, 2.45) is 0 Å². The van der Waals surface area contributed by atoms with Gasteiger partial charge in [-0.05, 0) is 121 Å². The number of allylic oxidation sites excluding steroid dienone is 7. The molecule has 0 radical (unpaired) electrons. The summed E-state index contributed by atoms with van der Waals surface area (Å²) in [5, 5.41) is 22.2. The van der Waals surface area contributed by atoms with E-state index in [0.29, 0.717) is 0 Å². The minimum atomic E-state index is -1.18. The van der Waals surface area contributed by atoms with Crippen molar-refractivity contribution >= 4 is 40.4 Å². The highest BCUT2D eigenvalue weighted by molar-refractivity contribution is 6.04. The van der Waals surface area contributed by atoms with Crippen molar-refractivity contribution in [3.8, 4) is 0 Å². The maximum atomic E-state index is 12.2. The first-order valence-electron chi connectivity index (χ1n) is 22.9. The zero-order chi connectivity index (χ0) is 46.0. The van der Waals surface area contributed by atoms with Crippen molar-refractivity contribution < 1.29 is 24.4 Å². The Morgan fingerprint density at radius 2 is 1.24 bits per heavy atom. The molecule has 7 nitrogen and oxygen atoms in total. The number of benzene rings is 6. The maximum Gasteiger partial charge on any atom is 0.335 e. The van der Waals surface area contributed by atoms with Gasteiger partial charge >= 0.3 is 5.97 Å². The molecule has 6 aromatic rings. The number of nitrogens with zero attached hydrogens (tertiary/aromatic N) is 3. The van der Waals surface area contributed by atoms with E-state index < -0.39 is 22.8 Å². The van der Waals surface area contributed by atoms with Crippen LogP contribution >= 0.6 is 0 Å². The molecule has 0 bridgehead atoms. The van der Waals surface area contributed by atoms with Crippen molar-refractivity contribution in [2.45, 2.75) is 64.2 Å². The number of carbonyl (C=O) groups excluding carboxylic acids is 1. The number of anilines is 3. The molecule has 0 spiro atoms. The van der Waals surface area contributed by atoms with Crippen LogP contribution in [0.15, 0.2) is 205 Å². The third-order valence-electron chi connectivity index (χ3n) is 13.6. The summed E-state index contributed by atoms with van der Waals surface area (Å²) in [4.78, 5) is 29.1. The zero-order valence-electron chi connectivity index (χ0n) is 38.1. The Labute approximate surface area is 388 Å². The molecule has 0 aromatic heterocycles. The van der Waals surface area contributed by atoms with Gasteiger partial charge in [0.25, 0.3) is 0 Å². The van der Waals surface area contributed by atoms with Crippen LogP contribution in [0.25, 0.3) is 0 Å². The Morgan fingerprint density at radius 3 is 1.85 bits per heavy atom. The van der Waals surface area contributed by atoms with Gasteiger partial charge in [-0.2, -0.15) is 4.58 Å². The Kier molecular flexibility index (Phi) is 12.0. The number of para-hydroxylation sites is 2. The predicted molar refractivity (Wildman–Crippen MR) is 264 cm³/mol. The van der Waals surface area contributed by atoms with Crippen molar-refractivity contribution in [3.63, 3.8) is 0 Å². The van der Waals surface area contributed by atoms with Crippen LogP contribution in [0.1, 0.15) is 83.5 Å². The molecule has 1 aliphatic carbocycles. The number of aromatic carboxylic acids is 2. The number of hydrogen-bond donors (Lipinski definition) is 1. The van der Waals surface area contributed by atoms with Crippen molar-refractivity contribution in [1.29, 1.82) is 0 Å². The minimum absolute atomic E-state index is 0.176. The van der Waals surface area contributed by atoms with Crippen LogP contribution in [0.3, 0.4) is 0 Å². The smallest absolute Gasteiger partial charge is 0.335 e. The van der Waals surface area contributed by atoms with Crippen LogP contribution in [-0.4, -0.2) is 40.4 Å². The molecule has 0 saturated heterocycles. The molecule has 1 N–H and O–H groups in total. The molecular formula is C59H55N3O4. The molecule has 3 aliphatic rings. The highest BCUT2D eigenvalue weighted by Gasteiger charge is 2.45. The van der Waals surface area contributed by atoms with E-state index >= 15 is 0 Å². The van der Waals surface area contributed by atoms with E-state index in [1.807, 2.05) is 42.5 Å². The van der Waals surface area contributed by atoms with Gasteiger partial charge in [0.05, 0.1) is 22.6 Å². The Bertz CT molecular complexity index is 2920. The molecule has 330 valence electrons. The monoisotopic (exact) mass is 869 g/mol. The second-order valence-electron chi connectivity index (χ2n) is 18.4. The van der Waals surface area contributed by atoms with Gasteiger partial charge in [0, 0.05) is 58.8 Å². The SMILES string of the molecule is CC1(C)C(/C=C/C2=C(N(c3ccccc3)c3ccccc3)C(=C/C=C3/N(CCc4ccccc4)c4ccc(C(=O)[O-])cc4C3(C)C)/CC2)=[N+](CCc2ccccc2)c2ccc(C(=O)O)cc21. The van der Waals surface area contributed by atoms with Crippen LogP contribution in [0, 0.1) is 0 Å². The fourth-order valence-corrected chi connectivity index (χ4v) is 10.1. The van der Waals surface area contributed by atoms with Crippen molar-refractivity contribution in [1.82, 2.24) is 0 Å². The van der Waals surface area contributed by atoms with E-state index in [0.717, 1.165) is 89.8 Å². The number of carbonyl (C=O) groups is 2. The topological polar surface area (TPSA) is 86.9 Å². The Morgan fingerprint density at radius 1 is 0.667 bits per heavy atom. The lowest BCUT2D eigenvalue weighted by Gasteiger charge is -2.29. The fraction of sp³-hybridized carbons (Fsp3) is 0.203. The third kappa shape index (κ3) is 8.45. The van der Waals surface area contributed by atoms with Crippen LogP contribution in [0.4, 0.5) is 22.7 Å². The first-order chi connectivity index (χ1) is 31.9. The number of hydrogen-bond acceptors (Lipinski definition) is 5. The number of rotatable bonds is 14. The second-order valence-corrected chi connectivity index (χ2v) is 18.4. The van der Waals surface area contributed by atoms with Gasteiger partial charge in [-0.15, -0.1) is 0 Å². The summed E-state index contributed by atoms with van der Waals surface area (Å²) in [6.45, 7) is 10.2. The maximum absolute atomic E-state index is 12.2. The molecule has 2 aliphatic heterocycles. The van der Waals surface area contributed by atoms with Crippen LogP contribution < -0.4 is 14.9 Å². The van der Waals surface area contributed by atoms with Crippen LogP contribution in [0.5, 0.6) is 0 Å². The number of fused-ring (bicyclic) bond motifs is 2. The van der Waals surface area contributed by atoms with E-state index in [1.54, 1.807) is 18.2 Å². The molecule has 0 atom stereocenters. The first kappa shape index (κ1) is 43.7. The van der Waals surface area contributed by atoms with E-state index in [4.69, 9.17) is 0 Å². The van der Waals surface area contributed by atoms with E-state index in [-0.39, 0.29) is 11.1 Å². The number of carboxylic acids is 2. The number of carboxylic acid groups (broad SMARTS) is 2. The minimum Gasteiger partial charge on any atom is -0.545 e. The molecule has 7 heteroatoms. The lowest BCUT2D eigenvalue weighted by atomic mass is 9.80. The van der Waals surface area contributed by atoms with E-state index in [1.165, 1.54) is 22.3 Å². The van der Waals surface area contributed by atoms with E-state index in [9.17, 15) is 19.8 Å². The summed E-state index contributed by atoms with van der Waals surface area (Å²) in [6.07, 6.45) is 12.4. The third-order valence-corrected chi connectivity index (χ3v) is 13.6. The standard InChI is InChI=1S/C59H55N3O4/c1-58(2)49-39-45(56(63)64)27-31-51(49)60(37-35-41-17-9-5-10-18-41)53(58)33-29-43-25-26-44(55(43)62(47-21-13-7-14-22-47)48-23-15-8-16-24-48)30-34-54-59(3,4)50-40-46(57(65)66)28-32-52(50)61(54)38-36-42-19-11-6-12-20-42/h5-24,27-34,39-40H,25-26,35-38H2,1-4H3,(H-,63,64,65,66). The molecule has 6 aromatic carbocycles. The summed E-state index contributed by atoms with van der Waals surface area (Å²) in [7, 11) is 0. The van der Waals surface area contributed by atoms with Gasteiger partial charge in [0.15, 0.2) is 12.3 Å². The van der Waals surface area contributed by atoms with E-state index in [2.05, 4.69) is 163 Å². The molecule has 0 unspecified atom stereocenters. The lowest BCUT2D eigenvalue weighted by molar-refractivity contribution is -0.436. The molecular weight excluding hydrogens is 815 g/mol. The molecule has 0 amide bonds. The quantitative estimate of drug-likeness (QED) is 0.110. The molecule has 66 heavy (non-hydrogen) atoms. The first-order valence-corrected chi connectivity index (χ1v) is 22.9. The van der Waals surface area contributed by atoms with Gasteiger partial charge < -0.3 is 24.8 Å². The van der Waals surface area contributed by atoms with Gasteiger partial charge in [-0.3, -0.25) is 0 Å². The van der Waals surface area contributed by atoms with Gasteiger partial charge in [-0.1, -0.05) is 129 Å². The summed E-state index contributed by atoms with van der Waals surface area (Å²) >= 11 is 0. The van der Waals surface area contributed by atoms with Crippen LogP contribution in [0.2, 0.25) is 0 Å². The second kappa shape index (κ2) is 18.2. The zero-order valence-corrected chi connectivity index (χ0v) is 38.1. The molecule has 9 rings (SSSR count). The highest BCUT2D eigenvalue weighted by Crippen LogP contribution is 2.49. The van der Waals surface area contributed by atoms with Gasteiger partial charge in [0.2, 0.25) is 5.69 Å². The predicted octanol–water partition coefficient (Wildman–Crippen LogP) is 11.7. The Balaban J connectivity index is 1.19. The average molecular weight is 870 g/mol.